The summed E-state index contributed by atoms with van der Waals surface area (Å²) in [4.78, 5) is 10.0. The SMILES string of the molecule is O=[N+]([O-])c1cc(CNc2ccc(C(F)(F)F)cc2Cl)cs1. The predicted octanol–water partition coefficient (Wildman–Crippen LogP) is 4.94. The molecule has 0 aliphatic rings. The molecule has 21 heavy (non-hydrogen) atoms. The largest absolute Gasteiger partial charge is 0.416 e. The third-order valence-corrected chi connectivity index (χ3v) is 3.84. The molecule has 0 unspecified atom stereocenters. The number of thiophene rings is 1. The highest BCUT2D eigenvalue weighted by atomic mass is 35.5. The van der Waals surface area contributed by atoms with Gasteiger partial charge in [-0.1, -0.05) is 22.9 Å². The maximum atomic E-state index is 12.5. The van der Waals surface area contributed by atoms with Crippen molar-refractivity contribution in [2.45, 2.75) is 12.7 Å². The van der Waals surface area contributed by atoms with Crippen LogP contribution in [0.3, 0.4) is 0 Å². The average Bonchev–Trinajstić information content (AvgIpc) is 2.85. The van der Waals surface area contributed by atoms with Crippen LogP contribution in [0, 0.1) is 10.1 Å². The second-order valence-corrected chi connectivity index (χ2v) is 5.39. The molecule has 0 atom stereocenters. The summed E-state index contributed by atoms with van der Waals surface area (Å²) in [6.07, 6.45) is -4.45. The first kappa shape index (κ1) is 15.6. The third kappa shape index (κ3) is 3.85. The molecule has 2 rings (SSSR count). The topological polar surface area (TPSA) is 55.2 Å². The van der Waals surface area contributed by atoms with Gasteiger partial charge in [-0.3, -0.25) is 10.1 Å². The number of alkyl halides is 3. The van der Waals surface area contributed by atoms with Gasteiger partial charge in [0.1, 0.15) is 0 Å². The third-order valence-electron chi connectivity index (χ3n) is 2.60. The van der Waals surface area contributed by atoms with Crippen molar-refractivity contribution in [1.82, 2.24) is 0 Å². The summed E-state index contributed by atoms with van der Waals surface area (Å²) in [6.45, 7) is 0.232. The Bertz CT molecular complexity index is 673. The highest BCUT2D eigenvalue weighted by Gasteiger charge is 2.30. The molecule has 0 fully saturated rings. The smallest absolute Gasteiger partial charge is 0.380 e. The lowest BCUT2D eigenvalue weighted by atomic mass is 10.2. The van der Waals surface area contributed by atoms with Crippen molar-refractivity contribution in [3.8, 4) is 0 Å². The molecule has 9 heteroatoms. The lowest BCUT2D eigenvalue weighted by molar-refractivity contribution is -0.380. The summed E-state index contributed by atoms with van der Waals surface area (Å²) < 4.78 is 37.5. The molecule has 4 nitrogen and oxygen atoms in total. The minimum absolute atomic E-state index is 0.00492. The van der Waals surface area contributed by atoms with Gasteiger partial charge in [0.15, 0.2) is 0 Å². The normalized spacial score (nSPS) is 11.4. The van der Waals surface area contributed by atoms with Crippen LogP contribution in [0.25, 0.3) is 0 Å². The van der Waals surface area contributed by atoms with Crippen LogP contribution < -0.4 is 5.32 Å². The van der Waals surface area contributed by atoms with Gasteiger partial charge in [-0.05, 0) is 23.8 Å². The van der Waals surface area contributed by atoms with Crippen LogP contribution in [0.2, 0.25) is 5.02 Å². The fraction of sp³-hybridized carbons (Fsp3) is 0.167. The first-order valence-corrected chi connectivity index (χ1v) is 6.85. The quantitative estimate of drug-likeness (QED) is 0.635. The molecule has 112 valence electrons. The number of anilines is 1. The van der Waals surface area contributed by atoms with E-state index in [1.165, 1.54) is 12.1 Å². The van der Waals surface area contributed by atoms with Gasteiger partial charge < -0.3 is 5.32 Å². The maximum absolute atomic E-state index is 12.5. The summed E-state index contributed by atoms with van der Waals surface area (Å²) in [5.74, 6) is 0. The molecule has 0 aliphatic heterocycles. The molecule has 1 N–H and O–H groups in total. The molecule has 0 spiro atoms. The summed E-state index contributed by atoms with van der Waals surface area (Å²) in [5, 5.41) is 14.9. The lowest BCUT2D eigenvalue weighted by Crippen LogP contribution is -2.06. The number of hydrogen-bond donors (Lipinski definition) is 1. The van der Waals surface area contributed by atoms with E-state index in [0.29, 0.717) is 11.3 Å². The zero-order valence-electron chi connectivity index (χ0n) is 10.3. The molecule has 0 saturated carbocycles. The number of nitrogens with one attached hydrogen (secondary N) is 1. The Labute approximate surface area is 126 Å². The summed E-state index contributed by atoms with van der Waals surface area (Å²) in [5.41, 5.74) is 0.158. The number of halogens is 4. The highest BCUT2D eigenvalue weighted by molar-refractivity contribution is 7.13. The Balaban J connectivity index is 2.08. The van der Waals surface area contributed by atoms with E-state index in [1.807, 2.05) is 0 Å². The van der Waals surface area contributed by atoms with Crippen LogP contribution in [0.1, 0.15) is 11.1 Å². The lowest BCUT2D eigenvalue weighted by Gasteiger charge is -2.11. The van der Waals surface area contributed by atoms with Crippen LogP contribution in [0.15, 0.2) is 29.6 Å². The first-order chi connectivity index (χ1) is 9.77. The standard InChI is InChI=1S/C12H8ClF3N2O2S/c13-9-4-8(12(14,15)16)1-2-10(9)17-5-7-3-11(18(19)20)21-6-7/h1-4,6,17H,5H2. The molecule has 0 saturated heterocycles. The molecular formula is C12H8ClF3N2O2S. The van der Waals surface area contributed by atoms with Gasteiger partial charge in [-0.25, -0.2) is 0 Å². The Kier molecular flexibility index (Phi) is 4.38. The fourth-order valence-corrected chi connectivity index (χ4v) is 2.56. The van der Waals surface area contributed by atoms with Crippen LogP contribution >= 0.6 is 22.9 Å². The summed E-state index contributed by atoms with van der Waals surface area (Å²) in [6, 6.07) is 4.38. The van der Waals surface area contributed by atoms with Gasteiger partial charge >= 0.3 is 11.2 Å². The number of hydrogen-bond acceptors (Lipinski definition) is 4. The molecule has 2 aromatic rings. The number of nitrogens with zero attached hydrogens (tertiary/aromatic N) is 1. The predicted molar refractivity (Wildman–Crippen MR) is 74.8 cm³/mol. The van der Waals surface area contributed by atoms with Crippen LogP contribution in [0.4, 0.5) is 23.9 Å². The number of benzene rings is 1. The Morgan fingerprint density at radius 1 is 1.33 bits per heavy atom. The van der Waals surface area contributed by atoms with Gasteiger partial charge in [-0.15, -0.1) is 0 Å². The van der Waals surface area contributed by atoms with Gasteiger partial charge in [0, 0.05) is 18.0 Å². The zero-order valence-corrected chi connectivity index (χ0v) is 11.9. The van der Waals surface area contributed by atoms with Crippen LogP contribution in [0.5, 0.6) is 0 Å². The molecule has 0 aliphatic carbocycles. The average molecular weight is 337 g/mol. The van der Waals surface area contributed by atoms with Crippen molar-refractivity contribution in [2.24, 2.45) is 0 Å². The van der Waals surface area contributed by atoms with Gasteiger partial charge in [0.05, 0.1) is 21.2 Å². The number of rotatable bonds is 4. The Morgan fingerprint density at radius 3 is 2.57 bits per heavy atom. The van der Waals surface area contributed by atoms with E-state index in [1.54, 1.807) is 5.38 Å². The molecule has 0 radical (unpaired) electrons. The molecule has 1 aromatic carbocycles. The number of nitro groups is 1. The first-order valence-electron chi connectivity index (χ1n) is 5.60. The van der Waals surface area contributed by atoms with Crippen molar-refractivity contribution in [3.63, 3.8) is 0 Å². The van der Waals surface area contributed by atoms with E-state index in [-0.39, 0.29) is 16.6 Å². The summed E-state index contributed by atoms with van der Waals surface area (Å²) in [7, 11) is 0. The van der Waals surface area contributed by atoms with Gasteiger partial charge in [0.25, 0.3) is 0 Å². The van der Waals surface area contributed by atoms with Crippen molar-refractivity contribution >= 4 is 33.6 Å². The van der Waals surface area contributed by atoms with Crippen molar-refractivity contribution < 1.29 is 18.1 Å². The second kappa shape index (κ2) is 5.90. The molecule has 1 aromatic heterocycles. The maximum Gasteiger partial charge on any atom is 0.416 e. The monoisotopic (exact) mass is 336 g/mol. The van der Waals surface area contributed by atoms with E-state index < -0.39 is 16.7 Å². The van der Waals surface area contributed by atoms with Crippen molar-refractivity contribution in [2.75, 3.05) is 5.32 Å². The Morgan fingerprint density at radius 2 is 2.05 bits per heavy atom. The molecule has 1 heterocycles. The van der Waals surface area contributed by atoms with E-state index >= 15 is 0 Å². The minimum atomic E-state index is -4.45. The Hall–Kier alpha value is -1.80. The van der Waals surface area contributed by atoms with Crippen molar-refractivity contribution in [3.05, 3.63) is 55.9 Å². The van der Waals surface area contributed by atoms with Crippen molar-refractivity contribution in [1.29, 1.82) is 0 Å². The second-order valence-electron chi connectivity index (χ2n) is 4.10. The van der Waals surface area contributed by atoms with Crippen LogP contribution in [-0.4, -0.2) is 4.92 Å². The fourth-order valence-electron chi connectivity index (χ4n) is 1.58. The van der Waals surface area contributed by atoms with Crippen LogP contribution in [-0.2, 0) is 12.7 Å². The van der Waals surface area contributed by atoms with E-state index in [9.17, 15) is 23.3 Å². The van der Waals surface area contributed by atoms with Gasteiger partial charge in [0.2, 0.25) is 0 Å². The van der Waals surface area contributed by atoms with Gasteiger partial charge in [-0.2, -0.15) is 13.2 Å². The van der Waals surface area contributed by atoms with E-state index in [4.69, 9.17) is 11.6 Å². The minimum Gasteiger partial charge on any atom is -0.380 e. The molecule has 0 bridgehead atoms. The van der Waals surface area contributed by atoms with E-state index in [0.717, 1.165) is 23.5 Å². The highest BCUT2D eigenvalue weighted by Crippen LogP contribution is 2.34. The zero-order chi connectivity index (χ0) is 15.6. The molecular weight excluding hydrogens is 329 g/mol. The summed E-state index contributed by atoms with van der Waals surface area (Å²) >= 11 is 6.77. The van der Waals surface area contributed by atoms with E-state index in [2.05, 4.69) is 5.32 Å². The molecule has 0 amide bonds.